The maximum absolute atomic E-state index is 11.9. The van der Waals surface area contributed by atoms with Gasteiger partial charge >= 0.3 is 0 Å². The molecular formula is C20H31NO3Si. The number of carbonyl (C=O) groups excluding carboxylic acids is 1. The number of nitro groups is 1. The van der Waals surface area contributed by atoms with Crippen LogP contribution in [-0.2, 0) is 4.79 Å². The average molecular weight is 362 g/mol. The van der Waals surface area contributed by atoms with Crippen molar-refractivity contribution in [1.82, 2.24) is 0 Å². The van der Waals surface area contributed by atoms with Crippen LogP contribution in [0.1, 0.15) is 57.4 Å². The minimum absolute atomic E-state index is 0.0339. The fourth-order valence-corrected chi connectivity index (χ4v) is 5.22. The van der Waals surface area contributed by atoms with E-state index in [2.05, 4.69) is 32.6 Å². The van der Waals surface area contributed by atoms with Crippen molar-refractivity contribution in [3.8, 4) is 0 Å². The summed E-state index contributed by atoms with van der Waals surface area (Å²) in [6.07, 6.45) is 7.41. The van der Waals surface area contributed by atoms with E-state index in [1.807, 2.05) is 12.1 Å². The Kier molecular flexibility index (Phi) is 8.22. The summed E-state index contributed by atoms with van der Waals surface area (Å²) in [6, 6.07) is 6.71. The summed E-state index contributed by atoms with van der Waals surface area (Å²) in [5.74, 6) is 0.188. The molecule has 0 heterocycles. The van der Waals surface area contributed by atoms with E-state index in [4.69, 9.17) is 0 Å². The van der Waals surface area contributed by atoms with E-state index in [1.165, 1.54) is 18.0 Å². The highest BCUT2D eigenvalue weighted by atomic mass is 28.3. The first-order valence-electron chi connectivity index (χ1n) is 9.11. The van der Waals surface area contributed by atoms with E-state index in [9.17, 15) is 14.9 Å². The summed E-state index contributed by atoms with van der Waals surface area (Å²) in [5.41, 5.74) is 1.09. The SMILES string of the molecule is CCCCC/C=C(/C(CC(C)=O)c1ccc([N+](=O)[O-])cc1)[Si](C)(C)C. The van der Waals surface area contributed by atoms with Gasteiger partial charge in [-0.3, -0.25) is 14.9 Å². The van der Waals surface area contributed by atoms with Crippen LogP contribution in [0.2, 0.25) is 19.6 Å². The predicted molar refractivity (Wildman–Crippen MR) is 107 cm³/mol. The van der Waals surface area contributed by atoms with Crippen molar-refractivity contribution in [3.63, 3.8) is 0 Å². The molecule has 0 saturated heterocycles. The van der Waals surface area contributed by atoms with E-state index in [1.54, 1.807) is 19.1 Å². The van der Waals surface area contributed by atoms with Gasteiger partial charge in [0.1, 0.15) is 5.78 Å². The lowest BCUT2D eigenvalue weighted by Gasteiger charge is -2.29. The molecule has 138 valence electrons. The Balaban J connectivity index is 3.22. The molecule has 5 heteroatoms. The Morgan fingerprint density at radius 1 is 1.20 bits per heavy atom. The normalized spacial score (nSPS) is 13.6. The maximum atomic E-state index is 11.9. The fraction of sp³-hybridized carbons (Fsp3) is 0.550. The standard InChI is InChI=1S/C20H31NO3Si/c1-6-7-8-9-10-20(25(3,4)5)19(15-16(2)22)17-11-13-18(14-12-17)21(23)24/h10-14,19H,6-9,15H2,1-5H3/b20-10-. The third-order valence-corrected chi connectivity index (χ3v) is 6.70. The Bertz CT molecular complexity index is 615. The zero-order valence-corrected chi connectivity index (χ0v) is 17.2. The maximum Gasteiger partial charge on any atom is 0.269 e. The summed E-state index contributed by atoms with van der Waals surface area (Å²) in [4.78, 5) is 22.4. The zero-order valence-electron chi connectivity index (χ0n) is 16.2. The second kappa shape index (κ2) is 9.66. The first-order valence-corrected chi connectivity index (χ1v) is 12.6. The number of non-ortho nitro benzene ring substituents is 1. The van der Waals surface area contributed by atoms with Gasteiger partial charge in [-0.05, 0) is 25.3 Å². The van der Waals surface area contributed by atoms with E-state index in [0.717, 1.165) is 18.4 Å². The number of carbonyl (C=O) groups is 1. The highest BCUT2D eigenvalue weighted by molar-refractivity contribution is 6.83. The van der Waals surface area contributed by atoms with Gasteiger partial charge in [0.15, 0.2) is 0 Å². The largest absolute Gasteiger partial charge is 0.300 e. The van der Waals surface area contributed by atoms with Gasteiger partial charge in [-0.25, -0.2) is 0 Å². The molecule has 0 aliphatic carbocycles. The number of benzene rings is 1. The van der Waals surface area contributed by atoms with Crippen molar-refractivity contribution >= 4 is 19.5 Å². The molecule has 1 unspecified atom stereocenters. The molecular weight excluding hydrogens is 330 g/mol. The van der Waals surface area contributed by atoms with Crippen LogP contribution >= 0.6 is 0 Å². The number of nitrogens with zero attached hydrogens (tertiary/aromatic N) is 1. The van der Waals surface area contributed by atoms with Gasteiger partial charge in [-0.2, -0.15) is 0 Å². The second-order valence-electron chi connectivity index (χ2n) is 7.71. The first kappa shape index (κ1) is 21.3. The number of ketones is 1. The molecule has 1 aromatic rings. The van der Waals surface area contributed by atoms with Crippen LogP contribution in [0.5, 0.6) is 0 Å². The lowest BCUT2D eigenvalue weighted by atomic mass is 9.92. The topological polar surface area (TPSA) is 60.2 Å². The highest BCUT2D eigenvalue weighted by Gasteiger charge is 2.29. The third kappa shape index (κ3) is 6.94. The molecule has 1 atom stereocenters. The minimum Gasteiger partial charge on any atom is -0.300 e. The quantitative estimate of drug-likeness (QED) is 0.221. The number of allylic oxidation sites excluding steroid dienone is 2. The smallest absolute Gasteiger partial charge is 0.269 e. The Morgan fingerprint density at radius 2 is 1.80 bits per heavy atom. The first-order chi connectivity index (χ1) is 11.7. The molecule has 0 spiro atoms. The van der Waals surface area contributed by atoms with Crippen molar-refractivity contribution in [2.24, 2.45) is 0 Å². The van der Waals surface area contributed by atoms with Gasteiger partial charge in [-0.15, -0.1) is 0 Å². The van der Waals surface area contributed by atoms with E-state index in [-0.39, 0.29) is 22.3 Å². The molecule has 0 amide bonds. The number of unbranched alkanes of at least 4 members (excludes halogenated alkanes) is 3. The van der Waals surface area contributed by atoms with Crippen LogP contribution < -0.4 is 0 Å². The van der Waals surface area contributed by atoms with Crippen LogP contribution in [0.4, 0.5) is 5.69 Å². The second-order valence-corrected chi connectivity index (χ2v) is 12.8. The number of rotatable bonds is 10. The zero-order chi connectivity index (χ0) is 19.0. The number of hydrogen-bond donors (Lipinski definition) is 0. The summed E-state index contributed by atoms with van der Waals surface area (Å²) in [7, 11) is -1.62. The van der Waals surface area contributed by atoms with Gasteiger partial charge < -0.3 is 0 Å². The molecule has 0 aliphatic rings. The Labute approximate surface area is 152 Å². The average Bonchev–Trinajstić information content (AvgIpc) is 2.52. The third-order valence-electron chi connectivity index (χ3n) is 4.41. The van der Waals surface area contributed by atoms with Gasteiger partial charge in [0.05, 0.1) is 13.0 Å². The van der Waals surface area contributed by atoms with Crippen molar-refractivity contribution in [1.29, 1.82) is 0 Å². The molecule has 0 N–H and O–H groups in total. The fourth-order valence-electron chi connectivity index (χ4n) is 3.15. The van der Waals surface area contributed by atoms with Crippen LogP contribution in [0, 0.1) is 10.1 Å². The van der Waals surface area contributed by atoms with E-state index < -0.39 is 8.07 Å². The lowest BCUT2D eigenvalue weighted by molar-refractivity contribution is -0.384. The van der Waals surface area contributed by atoms with Gasteiger partial charge in [-0.1, -0.05) is 62.8 Å². The van der Waals surface area contributed by atoms with Crippen molar-refractivity contribution in [2.75, 3.05) is 0 Å². The van der Waals surface area contributed by atoms with Crippen molar-refractivity contribution < 1.29 is 9.72 Å². The summed E-state index contributed by atoms with van der Waals surface area (Å²) < 4.78 is 0. The number of Topliss-reactive ketones (excluding diaryl/α,β-unsaturated/α-hetero) is 1. The lowest BCUT2D eigenvalue weighted by Crippen LogP contribution is -2.29. The van der Waals surface area contributed by atoms with Gasteiger partial charge in [0.2, 0.25) is 0 Å². The molecule has 0 aliphatic heterocycles. The molecule has 25 heavy (non-hydrogen) atoms. The summed E-state index contributed by atoms with van der Waals surface area (Å²) in [5, 5.41) is 12.3. The van der Waals surface area contributed by atoms with E-state index in [0.29, 0.717) is 6.42 Å². The molecule has 4 nitrogen and oxygen atoms in total. The van der Waals surface area contributed by atoms with Gasteiger partial charge in [0, 0.05) is 24.5 Å². The van der Waals surface area contributed by atoms with Crippen LogP contribution in [-0.4, -0.2) is 18.8 Å². The number of nitro benzene ring substituents is 1. The van der Waals surface area contributed by atoms with Crippen LogP contribution in [0.15, 0.2) is 35.5 Å². The highest BCUT2D eigenvalue weighted by Crippen LogP contribution is 2.35. The Morgan fingerprint density at radius 3 is 2.24 bits per heavy atom. The molecule has 0 radical (unpaired) electrons. The monoisotopic (exact) mass is 361 g/mol. The predicted octanol–water partition coefficient (Wildman–Crippen LogP) is 6.04. The van der Waals surface area contributed by atoms with Crippen molar-refractivity contribution in [3.05, 3.63) is 51.2 Å². The molecule has 0 aromatic heterocycles. The summed E-state index contributed by atoms with van der Waals surface area (Å²) >= 11 is 0. The number of hydrogen-bond acceptors (Lipinski definition) is 3. The Hall–Kier alpha value is -1.75. The molecule has 0 bridgehead atoms. The van der Waals surface area contributed by atoms with Gasteiger partial charge in [0.25, 0.3) is 5.69 Å². The molecule has 0 saturated carbocycles. The summed E-state index contributed by atoms with van der Waals surface area (Å²) in [6.45, 7) is 10.7. The minimum atomic E-state index is -1.62. The van der Waals surface area contributed by atoms with E-state index >= 15 is 0 Å². The van der Waals surface area contributed by atoms with Crippen molar-refractivity contribution in [2.45, 2.75) is 71.5 Å². The molecule has 0 fully saturated rings. The molecule has 1 rings (SSSR count). The molecule has 1 aromatic carbocycles. The van der Waals surface area contributed by atoms with Crippen LogP contribution in [0.25, 0.3) is 0 Å². The van der Waals surface area contributed by atoms with Crippen LogP contribution in [0.3, 0.4) is 0 Å².